The Bertz CT molecular complexity index is 980. The molecule has 156 valence electrons. The van der Waals surface area contributed by atoms with Crippen molar-refractivity contribution >= 4 is 17.8 Å². The van der Waals surface area contributed by atoms with Gasteiger partial charge in [-0.15, -0.1) is 0 Å². The van der Waals surface area contributed by atoms with Gasteiger partial charge in [0.15, 0.2) is 11.5 Å². The van der Waals surface area contributed by atoms with E-state index in [9.17, 15) is 14.7 Å². The first-order valence-corrected chi connectivity index (χ1v) is 9.72. The van der Waals surface area contributed by atoms with Crippen LogP contribution in [-0.2, 0) is 9.59 Å². The molecule has 0 saturated heterocycles. The summed E-state index contributed by atoms with van der Waals surface area (Å²) in [5.41, 5.74) is 1.65. The van der Waals surface area contributed by atoms with Crippen LogP contribution >= 0.6 is 0 Å². The van der Waals surface area contributed by atoms with E-state index in [4.69, 9.17) is 4.74 Å². The zero-order valence-electron chi connectivity index (χ0n) is 17.4. The van der Waals surface area contributed by atoms with Gasteiger partial charge in [0.25, 0.3) is 5.91 Å². The maximum Gasteiger partial charge on any atom is 0.290 e. The van der Waals surface area contributed by atoms with Crippen molar-refractivity contribution in [1.29, 1.82) is 0 Å². The number of hydrogen-bond donors (Lipinski definition) is 1. The number of ether oxygens (including phenoxy) is 1. The molecular formula is C24H26N2O4. The highest BCUT2D eigenvalue weighted by molar-refractivity contribution is 6.14. The van der Waals surface area contributed by atoms with E-state index in [1.165, 1.54) is 11.0 Å². The quantitative estimate of drug-likeness (QED) is 0.682. The molecule has 1 N–H and O–H groups in total. The molecule has 0 spiro atoms. The van der Waals surface area contributed by atoms with Crippen LogP contribution in [0.15, 0.2) is 72.0 Å². The van der Waals surface area contributed by atoms with Gasteiger partial charge < -0.3 is 19.6 Å². The predicted molar refractivity (Wildman–Crippen MR) is 116 cm³/mol. The first-order valence-electron chi connectivity index (χ1n) is 9.72. The Labute approximate surface area is 176 Å². The van der Waals surface area contributed by atoms with Crippen LogP contribution in [0.3, 0.4) is 0 Å². The van der Waals surface area contributed by atoms with Crippen molar-refractivity contribution in [1.82, 2.24) is 9.80 Å². The van der Waals surface area contributed by atoms with Gasteiger partial charge in [-0.2, -0.15) is 0 Å². The Morgan fingerprint density at radius 2 is 1.90 bits per heavy atom. The highest BCUT2D eigenvalue weighted by Gasteiger charge is 2.42. The number of aliphatic hydroxyl groups excluding tert-OH is 1. The van der Waals surface area contributed by atoms with Crippen LogP contribution in [0.2, 0.25) is 0 Å². The summed E-state index contributed by atoms with van der Waals surface area (Å²) < 4.78 is 5.31. The highest BCUT2D eigenvalue weighted by atomic mass is 16.5. The standard InChI is InChI=1S/C24H26N2O4/c1-25(2)14-15-26-22(18-10-7-11-19(16-18)30-3)21(23(28)24(26)29)20(27)13-12-17-8-5-4-6-9-17/h4-13,16,22,28H,14-15H2,1-3H3/b13-12+. The third-order valence-corrected chi connectivity index (χ3v) is 4.99. The fourth-order valence-electron chi connectivity index (χ4n) is 3.43. The molecule has 0 bridgehead atoms. The van der Waals surface area contributed by atoms with Crippen LogP contribution in [0, 0.1) is 0 Å². The largest absolute Gasteiger partial charge is 0.503 e. The molecule has 0 fully saturated rings. The molecule has 0 aromatic heterocycles. The highest BCUT2D eigenvalue weighted by Crippen LogP contribution is 2.38. The third kappa shape index (κ3) is 4.60. The van der Waals surface area contributed by atoms with Crippen LogP contribution < -0.4 is 4.74 Å². The van der Waals surface area contributed by atoms with Crippen molar-refractivity contribution in [3.8, 4) is 5.75 Å². The summed E-state index contributed by atoms with van der Waals surface area (Å²) in [5, 5.41) is 10.6. The van der Waals surface area contributed by atoms with E-state index >= 15 is 0 Å². The van der Waals surface area contributed by atoms with Gasteiger partial charge in [0, 0.05) is 13.1 Å². The van der Waals surface area contributed by atoms with Crippen LogP contribution in [-0.4, -0.2) is 60.9 Å². The zero-order chi connectivity index (χ0) is 21.7. The second kappa shape index (κ2) is 9.41. The monoisotopic (exact) mass is 406 g/mol. The van der Waals surface area contributed by atoms with E-state index in [2.05, 4.69) is 0 Å². The molecule has 1 aliphatic rings. The van der Waals surface area contributed by atoms with Gasteiger partial charge in [0.2, 0.25) is 0 Å². The first-order chi connectivity index (χ1) is 14.4. The lowest BCUT2D eigenvalue weighted by Crippen LogP contribution is -2.36. The van der Waals surface area contributed by atoms with Crippen molar-refractivity contribution in [3.05, 3.63) is 83.1 Å². The summed E-state index contributed by atoms with van der Waals surface area (Å²) >= 11 is 0. The Balaban J connectivity index is 1.99. The molecule has 1 atom stereocenters. The minimum absolute atomic E-state index is 0.0826. The number of amides is 1. The van der Waals surface area contributed by atoms with Crippen molar-refractivity contribution in [2.45, 2.75) is 6.04 Å². The molecule has 1 unspecified atom stereocenters. The molecule has 0 saturated carbocycles. The number of nitrogens with zero attached hydrogens (tertiary/aromatic N) is 2. The molecule has 1 heterocycles. The summed E-state index contributed by atoms with van der Waals surface area (Å²) in [4.78, 5) is 29.4. The first kappa shape index (κ1) is 21.3. The van der Waals surface area contributed by atoms with Crippen molar-refractivity contribution in [2.75, 3.05) is 34.3 Å². The van der Waals surface area contributed by atoms with Crippen molar-refractivity contribution < 1.29 is 19.4 Å². The molecule has 0 aliphatic carbocycles. The molecular weight excluding hydrogens is 380 g/mol. The molecule has 1 aliphatic heterocycles. The summed E-state index contributed by atoms with van der Waals surface area (Å²) in [6.45, 7) is 0.970. The number of methoxy groups -OCH3 is 1. The molecule has 2 aromatic rings. The molecule has 0 radical (unpaired) electrons. The number of ketones is 1. The number of aliphatic hydroxyl groups is 1. The topological polar surface area (TPSA) is 70.1 Å². The van der Waals surface area contributed by atoms with Gasteiger partial charge in [-0.1, -0.05) is 48.5 Å². The number of rotatable bonds is 8. The van der Waals surface area contributed by atoms with Crippen LogP contribution in [0.1, 0.15) is 17.2 Å². The Hall–Kier alpha value is -3.38. The number of benzene rings is 2. The molecule has 6 heteroatoms. The van der Waals surface area contributed by atoms with E-state index in [1.54, 1.807) is 31.4 Å². The van der Waals surface area contributed by atoms with Gasteiger partial charge >= 0.3 is 0 Å². The maximum atomic E-state index is 13.1. The van der Waals surface area contributed by atoms with Gasteiger partial charge in [-0.05, 0) is 43.4 Å². The summed E-state index contributed by atoms with van der Waals surface area (Å²) in [5.74, 6) is -0.819. The fourth-order valence-corrected chi connectivity index (χ4v) is 3.43. The fraction of sp³-hybridized carbons (Fsp3) is 0.250. The lowest BCUT2D eigenvalue weighted by molar-refractivity contribution is -0.129. The molecule has 2 aromatic carbocycles. The van der Waals surface area contributed by atoms with Crippen molar-refractivity contribution in [3.63, 3.8) is 0 Å². The van der Waals surface area contributed by atoms with Crippen LogP contribution in [0.25, 0.3) is 6.08 Å². The average molecular weight is 406 g/mol. The lowest BCUT2D eigenvalue weighted by Gasteiger charge is -2.28. The number of carbonyl (C=O) groups is 2. The number of likely N-dealkylation sites (N-methyl/N-ethyl adjacent to an activating group) is 1. The van der Waals surface area contributed by atoms with E-state index in [0.717, 1.165) is 5.56 Å². The Morgan fingerprint density at radius 3 is 2.57 bits per heavy atom. The summed E-state index contributed by atoms with van der Waals surface area (Å²) in [6.07, 6.45) is 3.08. The predicted octanol–water partition coefficient (Wildman–Crippen LogP) is 3.23. The minimum atomic E-state index is -0.680. The molecule has 6 nitrogen and oxygen atoms in total. The van der Waals surface area contributed by atoms with Gasteiger partial charge in [-0.25, -0.2) is 0 Å². The number of carbonyl (C=O) groups excluding carboxylic acids is 2. The molecule has 3 rings (SSSR count). The van der Waals surface area contributed by atoms with Crippen LogP contribution in [0.5, 0.6) is 5.75 Å². The minimum Gasteiger partial charge on any atom is -0.503 e. The number of allylic oxidation sites excluding steroid dienone is 1. The smallest absolute Gasteiger partial charge is 0.290 e. The molecule has 30 heavy (non-hydrogen) atoms. The van der Waals surface area contributed by atoms with Gasteiger partial charge in [0.1, 0.15) is 5.75 Å². The molecule has 1 amide bonds. The van der Waals surface area contributed by atoms with Gasteiger partial charge in [0.05, 0.1) is 18.7 Å². The third-order valence-electron chi connectivity index (χ3n) is 4.99. The number of hydrogen-bond acceptors (Lipinski definition) is 5. The van der Waals surface area contributed by atoms with E-state index in [0.29, 0.717) is 24.4 Å². The second-order valence-corrected chi connectivity index (χ2v) is 7.35. The Kier molecular flexibility index (Phi) is 6.69. The second-order valence-electron chi connectivity index (χ2n) is 7.35. The summed E-state index contributed by atoms with van der Waals surface area (Å²) in [7, 11) is 5.37. The van der Waals surface area contributed by atoms with E-state index in [-0.39, 0.29) is 5.57 Å². The normalized spacial score (nSPS) is 16.7. The average Bonchev–Trinajstić information content (AvgIpc) is 3.01. The Morgan fingerprint density at radius 1 is 1.17 bits per heavy atom. The van der Waals surface area contributed by atoms with E-state index < -0.39 is 23.5 Å². The maximum absolute atomic E-state index is 13.1. The van der Waals surface area contributed by atoms with Crippen LogP contribution in [0.4, 0.5) is 0 Å². The SMILES string of the molecule is COc1cccc(C2C(C(=O)/C=C/c3ccccc3)=C(O)C(=O)N2CCN(C)C)c1. The van der Waals surface area contributed by atoms with E-state index in [1.807, 2.05) is 55.4 Å². The van der Waals surface area contributed by atoms with Crippen molar-refractivity contribution in [2.24, 2.45) is 0 Å². The summed E-state index contributed by atoms with van der Waals surface area (Å²) in [6, 6.07) is 15.9. The zero-order valence-corrected chi connectivity index (χ0v) is 17.4. The lowest BCUT2D eigenvalue weighted by atomic mass is 9.95. The van der Waals surface area contributed by atoms with Gasteiger partial charge in [-0.3, -0.25) is 9.59 Å².